The zero-order valence-corrected chi connectivity index (χ0v) is 9.10. The number of hydrogen-bond donors (Lipinski definition) is 1. The Morgan fingerprint density at radius 1 is 1.20 bits per heavy atom. The maximum Gasteiger partial charge on any atom is 0.336 e. The van der Waals surface area contributed by atoms with Gasteiger partial charge >= 0.3 is 11.9 Å². The Kier molecular flexibility index (Phi) is 4.05. The molecule has 0 unspecified atom stereocenters. The third-order valence-corrected chi connectivity index (χ3v) is 1.92. The van der Waals surface area contributed by atoms with Crippen molar-refractivity contribution in [1.29, 1.82) is 0 Å². The summed E-state index contributed by atoms with van der Waals surface area (Å²) in [5, 5.41) is 8.26. The molecule has 0 aromatic heterocycles. The predicted molar refractivity (Wildman–Crippen MR) is 56.6 cm³/mol. The zero-order chi connectivity index (χ0) is 11.3. The van der Waals surface area contributed by atoms with Crippen molar-refractivity contribution >= 4 is 27.9 Å². The molecule has 1 N–H and O–H groups in total. The highest BCUT2D eigenvalue weighted by Gasteiger charge is 2.00. The normalized spacial score (nSPS) is 10.2. The summed E-state index contributed by atoms with van der Waals surface area (Å²) in [7, 11) is 0. The molecule has 0 aliphatic carbocycles. The van der Waals surface area contributed by atoms with Crippen LogP contribution in [0.5, 0.6) is 5.75 Å². The van der Waals surface area contributed by atoms with Crippen molar-refractivity contribution < 1.29 is 19.4 Å². The molecule has 78 valence electrons. The molecule has 5 heteroatoms. The molecule has 0 atom stereocenters. The van der Waals surface area contributed by atoms with Gasteiger partial charge in [-0.15, -0.1) is 0 Å². The lowest BCUT2D eigenvalue weighted by molar-refractivity contribution is -0.133. The van der Waals surface area contributed by atoms with E-state index in [9.17, 15) is 9.59 Å². The standard InChI is InChI=1S/C10H7BrO4/c11-7-1-3-8(4-2-7)15-10(14)6-5-9(12)13/h1-6H,(H,12,13)/b6-5+. The first-order chi connectivity index (χ1) is 7.08. The summed E-state index contributed by atoms with van der Waals surface area (Å²) in [6.45, 7) is 0. The Balaban J connectivity index is 2.59. The van der Waals surface area contributed by atoms with Crippen LogP contribution >= 0.6 is 15.9 Å². The quantitative estimate of drug-likeness (QED) is 0.518. The second-order valence-corrected chi connectivity index (χ2v) is 3.46. The van der Waals surface area contributed by atoms with Crippen LogP contribution in [0.15, 0.2) is 40.9 Å². The van der Waals surface area contributed by atoms with E-state index in [-0.39, 0.29) is 0 Å². The molecule has 0 radical (unpaired) electrons. The minimum atomic E-state index is -1.19. The van der Waals surface area contributed by atoms with E-state index < -0.39 is 11.9 Å². The maximum absolute atomic E-state index is 11.0. The number of carboxylic acid groups (broad SMARTS) is 1. The summed E-state index contributed by atoms with van der Waals surface area (Å²) >= 11 is 3.23. The maximum atomic E-state index is 11.0. The minimum Gasteiger partial charge on any atom is -0.478 e. The molecule has 0 aliphatic heterocycles. The van der Waals surface area contributed by atoms with Crippen LogP contribution in [0.4, 0.5) is 0 Å². The molecule has 0 bridgehead atoms. The number of carboxylic acids is 1. The summed E-state index contributed by atoms with van der Waals surface area (Å²) < 4.78 is 5.67. The molecular weight excluding hydrogens is 264 g/mol. The fourth-order valence-electron chi connectivity index (χ4n) is 0.792. The van der Waals surface area contributed by atoms with E-state index in [1.165, 1.54) is 0 Å². The fourth-order valence-corrected chi connectivity index (χ4v) is 1.06. The molecule has 0 fully saturated rings. The highest BCUT2D eigenvalue weighted by molar-refractivity contribution is 9.10. The molecule has 15 heavy (non-hydrogen) atoms. The van der Waals surface area contributed by atoms with Crippen molar-refractivity contribution in [3.63, 3.8) is 0 Å². The summed E-state index contributed by atoms with van der Waals surface area (Å²) in [6, 6.07) is 6.61. The first-order valence-electron chi connectivity index (χ1n) is 3.96. The fraction of sp³-hybridized carbons (Fsp3) is 0. The van der Waals surface area contributed by atoms with E-state index in [4.69, 9.17) is 9.84 Å². The Hall–Kier alpha value is -1.62. The average molecular weight is 271 g/mol. The van der Waals surface area contributed by atoms with Gasteiger partial charge in [-0.3, -0.25) is 0 Å². The van der Waals surface area contributed by atoms with Gasteiger partial charge < -0.3 is 9.84 Å². The SMILES string of the molecule is O=C(O)/C=C/C(=O)Oc1ccc(Br)cc1. The van der Waals surface area contributed by atoms with E-state index in [0.29, 0.717) is 5.75 Å². The first-order valence-corrected chi connectivity index (χ1v) is 4.75. The molecule has 0 amide bonds. The third-order valence-electron chi connectivity index (χ3n) is 1.39. The number of hydrogen-bond acceptors (Lipinski definition) is 3. The van der Waals surface area contributed by atoms with E-state index >= 15 is 0 Å². The summed E-state index contributed by atoms with van der Waals surface area (Å²) in [4.78, 5) is 21.1. The number of aliphatic carboxylic acids is 1. The zero-order valence-electron chi connectivity index (χ0n) is 7.51. The minimum absolute atomic E-state index is 0.359. The van der Waals surface area contributed by atoms with Gasteiger partial charge in [-0.25, -0.2) is 9.59 Å². The lowest BCUT2D eigenvalue weighted by Crippen LogP contribution is -2.04. The molecule has 0 aliphatic rings. The van der Waals surface area contributed by atoms with Crippen LogP contribution in [0.3, 0.4) is 0 Å². The van der Waals surface area contributed by atoms with Crippen molar-refractivity contribution in [3.8, 4) is 5.75 Å². The van der Waals surface area contributed by atoms with Gasteiger partial charge in [0.05, 0.1) is 0 Å². The first kappa shape index (κ1) is 11.5. The predicted octanol–water partition coefficient (Wildman–Crippen LogP) is 2.00. The van der Waals surface area contributed by atoms with Gasteiger partial charge in [-0.1, -0.05) is 15.9 Å². The van der Waals surface area contributed by atoms with E-state index in [1.807, 2.05) is 0 Å². The molecule has 1 aromatic rings. The number of esters is 1. The monoisotopic (exact) mass is 270 g/mol. The van der Waals surface area contributed by atoms with Crippen molar-refractivity contribution in [2.75, 3.05) is 0 Å². The van der Waals surface area contributed by atoms with Gasteiger partial charge in [0.15, 0.2) is 0 Å². The van der Waals surface area contributed by atoms with Crippen molar-refractivity contribution in [2.24, 2.45) is 0 Å². The molecule has 0 heterocycles. The molecule has 0 saturated heterocycles. The van der Waals surface area contributed by atoms with Gasteiger partial charge in [0.1, 0.15) is 5.75 Å². The van der Waals surface area contributed by atoms with Crippen molar-refractivity contribution in [3.05, 3.63) is 40.9 Å². The molecule has 1 aromatic carbocycles. The van der Waals surface area contributed by atoms with E-state index in [1.54, 1.807) is 24.3 Å². The third kappa shape index (κ3) is 4.42. The van der Waals surface area contributed by atoms with Crippen LogP contribution in [0.1, 0.15) is 0 Å². The lowest BCUT2D eigenvalue weighted by Gasteiger charge is -1.99. The summed E-state index contributed by atoms with van der Waals surface area (Å²) in [5.41, 5.74) is 0. The van der Waals surface area contributed by atoms with Crippen LogP contribution in [0, 0.1) is 0 Å². The molecule has 0 saturated carbocycles. The van der Waals surface area contributed by atoms with Crippen LogP contribution in [-0.2, 0) is 9.59 Å². The number of benzene rings is 1. The second kappa shape index (κ2) is 5.31. The Bertz CT molecular complexity index is 394. The average Bonchev–Trinajstić information content (AvgIpc) is 2.19. The largest absolute Gasteiger partial charge is 0.478 e. The molecule has 1 rings (SSSR count). The Labute approximate surface area is 94.3 Å². The number of halogens is 1. The lowest BCUT2D eigenvalue weighted by atomic mass is 10.3. The molecule has 0 spiro atoms. The van der Waals surface area contributed by atoms with Crippen LogP contribution < -0.4 is 4.74 Å². The second-order valence-electron chi connectivity index (χ2n) is 2.55. The Morgan fingerprint density at radius 3 is 2.33 bits per heavy atom. The van der Waals surface area contributed by atoms with E-state index in [0.717, 1.165) is 16.6 Å². The van der Waals surface area contributed by atoms with Gasteiger partial charge in [0.25, 0.3) is 0 Å². The molecular formula is C10H7BrO4. The van der Waals surface area contributed by atoms with Crippen LogP contribution in [-0.4, -0.2) is 17.0 Å². The number of carbonyl (C=O) groups is 2. The van der Waals surface area contributed by atoms with Crippen LogP contribution in [0.2, 0.25) is 0 Å². The number of ether oxygens (including phenoxy) is 1. The topological polar surface area (TPSA) is 63.6 Å². The summed E-state index contributed by atoms with van der Waals surface area (Å²) in [6.07, 6.45) is 1.57. The van der Waals surface area contributed by atoms with Crippen molar-refractivity contribution in [1.82, 2.24) is 0 Å². The van der Waals surface area contributed by atoms with Gasteiger partial charge in [0.2, 0.25) is 0 Å². The highest BCUT2D eigenvalue weighted by atomic mass is 79.9. The van der Waals surface area contributed by atoms with Gasteiger partial charge in [-0.05, 0) is 24.3 Å². The number of carbonyl (C=O) groups excluding carboxylic acids is 1. The smallest absolute Gasteiger partial charge is 0.336 e. The molecule has 4 nitrogen and oxygen atoms in total. The Morgan fingerprint density at radius 2 is 1.80 bits per heavy atom. The highest BCUT2D eigenvalue weighted by Crippen LogP contribution is 2.16. The van der Waals surface area contributed by atoms with E-state index in [2.05, 4.69) is 15.9 Å². The number of rotatable bonds is 3. The summed E-state index contributed by atoms with van der Waals surface area (Å²) in [5.74, 6) is -1.55. The van der Waals surface area contributed by atoms with Crippen LogP contribution in [0.25, 0.3) is 0 Å². The van der Waals surface area contributed by atoms with Gasteiger partial charge in [-0.2, -0.15) is 0 Å². The van der Waals surface area contributed by atoms with Crippen molar-refractivity contribution in [2.45, 2.75) is 0 Å². The van der Waals surface area contributed by atoms with Gasteiger partial charge in [0, 0.05) is 16.6 Å².